The van der Waals surface area contributed by atoms with Crippen LogP contribution in [0.4, 0.5) is 5.69 Å². The van der Waals surface area contributed by atoms with E-state index in [0.717, 1.165) is 42.6 Å². The van der Waals surface area contributed by atoms with Gasteiger partial charge >= 0.3 is 0 Å². The summed E-state index contributed by atoms with van der Waals surface area (Å²) in [5.74, 6) is -0.113. The zero-order chi connectivity index (χ0) is 23.9. The van der Waals surface area contributed by atoms with Gasteiger partial charge < -0.3 is 20.1 Å². The first-order chi connectivity index (χ1) is 16.4. The lowest BCUT2D eigenvalue weighted by Crippen LogP contribution is -2.65. The van der Waals surface area contributed by atoms with Gasteiger partial charge in [-0.1, -0.05) is 18.2 Å². The first kappa shape index (κ1) is 22.9. The third kappa shape index (κ3) is 4.20. The zero-order valence-electron chi connectivity index (χ0n) is 20.6. The number of rotatable bonds is 3. The molecular formula is C28H36N4O2. The molecule has 2 N–H and O–H groups in total. The minimum absolute atomic E-state index is 0.108. The van der Waals surface area contributed by atoms with E-state index in [-0.39, 0.29) is 18.0 Å². The Morgan fingerprint density at radius 1 is 1.15 bits per heavy atom. The molecule has 3 heterocycles. The predicted molar refractivity (Wildman–Crippen MR) is 137 cm³/mol. The molecular weight excluding hydrogens is 424 g/mol. The van der Waals surface area contributed by atoms with Crippen LogP contribution in [0, 0.1) is 12.3 Å². The molecule has 34 heavy (non-hydrogen) atoms. The molecule has 0 radical (unpaired) electrons. The van der Waals surface area contributed by atoms with Gasteiger partial charge in [-0.2, -0.15) is 0 Å². The maximum Gasteiger partial charge on any atom is 0.253 e. The smallest absolute Gasteiger partial charge is 0.253 e. The fourth-order valence-corrected chi connectivity index (χ4v) is 6.44. The van der Waals surface area contributed by atoms with E-state index >= 15 is 0 Å². The Bertz CT molecular complexity index is 1170. The highest BCUT2D eigenvalue weighted by Crippen LogP contribution is 2.50. The van der Waals surface area contributed by atoms with E-state index in [1.54, 1.807) is 0 Å². The number of nitrogens with zero attached hydrogens (tertiary/aromatic N) is 2. The van der Waals surface area contributed by atoms with Crippen molar-refractivity contribution in [3.05, 3.63) is 74.7 Å². The van der Waals surface area contributed by atoms with Crippen LogP contribution in [0.2, 0.25) is 0 Å². The van der Waals surface area contributed by atoms with E-state index in [2.05, 4.69) is 52.3 Å². The average molecular weight is 461 g/mol. The summed E-state index contributed by atoms with van der Waals surface area (Å²) in [7, 11) is 2.20. The zero-order valence-corrected chi connectivity index (χ0v) is 20.6. The molecule has 6 nitrogen and oxygen atoms in total. The number of hydrogen-bond donors (Lipinski definition) is 2. The maximum atomic E-state index is 13.3. The summed E-state index contributed by atoms with van der Waals surface area (Å²) in [6, 6.07) is 8.66. The number of likely N-dealkylation sites (tertiary alicyclic amines) is 1. The van der Waals surface area contributed by atoms with Crippen molar-refractivity contribution in [2.24, 2.45) is 5.41 Å². The number of aromatic amines is 1. The van der Waals surface area contributed by atoms with Gasteiger partial charge in [0.2, 0.25) is 0 Å². The summed E-state index contributed by atoms with van der Waals surface area (Å²) in [5, 5.41) is 3.04. The van der Waals surface area contributed by atoms with Gasteiger partial charge in [0.15, 0.2) is 0 Å². The van der Waals surface area contributed by atoms with Gasteiger partial charge in [0.1, 0.15) is 0 Å². The molecule has 5 rings (SSSR count). The van der Waals surface area contributed by atoms with Gasteiger partial charge in [0.25, 0.3) is 11.5 Å². The number of aromatic nitrogens is 1. The van der Waals surface area contributed by atoms with Crippen LogP contribution in [0.15, 0.2) is 41.2 Å². The molecule has 2 fully saturated rings. The number of nitrogens with one attached hydrogen (secondary N) is 2. The number of pyridine rings is 1. The Balaban J connectivity index is 1.44. The van der Waals surface area contributed by atoms with Gasteiger partial charge in [-0.3, -0.25) is 9.59 Å². The topological polar surface area (TPSA) is 68.4 Å². The van der Waals surface area contributed by atoms with Gasteiger partial charge in [0, 0.05) is 54.7 Å². The van der Waals surface area contributed by atoms with Crippen molar-refractivity contribution in [2.45, 2.75) is 58.5 Å². The van der Waals surface area contributed by atoms with E-state index in [0.29, 0.717) is 22.6 Å². The Morgan fingerprint density at radius 2 is 1.94 bits per heavy atom. The van der Waals surface area contributed by atoms with E-state index in [4.69, 9.17) is 0 Å². The summed E-state index contributed by atoms with van der Waals surface area (Å²) in [4.78, 5) is 33.8. The number of carbonyl (C=O) groups is 1. The standard InChI is InChI=1S/C28H36N4O2/c1-4-32(21-14-28(15-21)17-31(3)18-28)25-12-8-11-23-22(25)10-7-5-6-9-20-13-19(2)30-27(34)24(20)16-29-26(23)33/h5,7-8,11-13,21H,4,6,9-10,14-18H2,1-3H3,(H,29,33)(H,30,34). The third-order valence-corrected chi connectivity index (χ3v) is 7.89. The summed E-state index contributed by atoms with van der Waals surface area (Å²) in [6.45, 7) is 7.71. The molecule has 2 aliphatic heterocycles. The molecule has 3 aliphatic rings. The summed E-state index contributed by atoms with van der Waals surface area (Å²) < 4.78 is 0. The highest BCUT2D eigenvalue weighted by molar-refractivity contribution is 5.97. The van der Waals surface area contributed by atoms with Crippen molar-refractivity contribution >= 4 is 11.6 Å². The highest BCUT2D eigenvalue weighted by Gasteiger charge is 2.52. The Labute approximate surface area is 202 Å². The lowest BCUT2D eigenvalue weighted by atomic mass is 9.60. The van der Waals surface area contributed by atoms with Crippen LogP contribution in [-0.4, -0.2) is 48.5 Å². The maximum absolute atomic E-state index is 13.3. The number of hydrogen-bond acceptors (Lipinski definition) is 4. The molecule has 1 saturated carbocycles. The van der Waals surface area contributed by atoms with Crippen molar-refractivity contribution in [3.8, 4) is 0 Å². The highest BCUT2D eigenvalue weighted by atomic mass is 16.1. The third-order valence-electron chi connectivity index (χ3n) is 7.89. The molecule has 180 valence electrons. The Hall–Kier alpha value is -2.86. The molecule has 1 spiro atoms. The van der Waals surface area contributed by atoms with Crippen LogP contribution < -0.4 is 15.8 Å². The molecule has 0 bridgehead atoms. The molecule has 6 heteroatoms. The molecule has 1 amide bonds. The quantitative estimate of drug-likeness (QED) is 0.687. The van der Waals surface area contributed by atoms with E-state index in [1.807, 2.05) is 25.1 Å². The first-order valence-corrected chi connectivity index (χ1v) is 12.6. The van der Waals surface area contributed by atoms with Gasteiger partial charge in [-0.15, -0.1) is 0 Å². The number of carbonyl (C=O) groups excluding carboxylic acids is 1. The Kier molecular flexibility index (Phi) is 6.11. The normalized spacial score (nSPS) is 20.3. The van der Waals surface area contributed by atoms with Crippen molar-refractivity contribution < 1.29 is 4.79 Å². The fraction of sp³-hybridized carbons (Fsp3) is 0.500. The monoisotopic (exact) mass is 460 g/mol. The largest absolute Gasteiger partial charge is 0.369 e. The van der Waals surface area contributed by atoms with Crippen LogP contribution in [0.5, 0.6) is 0 Å². The second-order valence-electron chi connectivity index (χ2n) is 10.5. The molecule has 1 aliphatic carbocycles. The minimum Gasteiger partial charge on any atom is -0.369 e. The SMILES string of the molecule is CCN(c1cccc2c1CC=CCCc1cc(C)[nH]c(=O)c1CNC2=O)C1CC2(C1)CN(C)C2. The average Bonchev–Trinajstić information content (AvgIpc) is 2.75. The number of anilines is 1. The van der Waals surface area contributed by atoms with Crippen LogP contribution in [0.25, 0.3) is 0 Å². The Morgan fingerprint density at radius 3 is 2.68 bits per heavy atom. The van der Waals surface area contributed by atoms with Gasteiger partial charge in [-0.05, 0) is 87.7 Å². The molecule has 0 unspecified atom stereocenters. The molecule has 2 aromatic rings. The van der Waals surface area contributed by atoms with Crippen LogP contribution in [0.1, 0.15) is 58.9 Å². The van der Waals surface area contributed by atoms with Gasteiger partial charge in [0.05, 0.1) is 0 Å². The van der Waals surface area contributed by atoms with E-state index < -0.39 is 0 Å². The lowest BCUT2D eigenvalue weighted by Gasteiger charge is -2.60. The van der Waals surface area contributed by atoms with E-state index in [1.165, 1.54) is 31.6 Å². The number of benzene rings is 1. The second kappa shape index (κ2) is 9.06. The molecule has 1 aromatic heterocycles. The fourth-order valence-electron chi connectivity index (χ4n) is 6.44. The van der Waals surface area contributed by atoms with Crippen LogP contribution in [0.3, 0.4) is 0 Å². The second-order valence-corrected chi connectivity index (χ2v) is 10.5. The number of allylic oxidation sites excluding steroid dienone is 2. The number of H-pyrrole nitrogens is 1. The first-order valence-electron chi connectivity index (χ1n) is 12.6. The number of aryl methyl sites for hydroxylation is 2. The van der Waals surface area contributed by atoms with Crippen molar-refractivity contribution in [1.29, 1.82) is 0 Å². The summed E-state index contributed by atoms with van der Waals surface area (Å²) in [6.07, 6.45) is 9.24. The predicted octanol–water partition coefficient (Wildman–Crippen LogP) is 3.58. The molecule has 1 saturated heterocycles. The molecule has 0 atom stereocenters. The minimum atomic E-state index is -0.113. The summed E-state index contributed by atoms with van der Waals surface area (Å²) in [5.41, 5.74) is 5.91. The summed E-state index contributed by atoms with van der Waals surface area (Å²) >= 11 is 0. The van der Waals surface area contributed by atoms with E-state index in [9.17, 15) is 9.59 Å². The van der Waals surface area contributed by atoms with Crippen molar-refractivity contribution in [1.82, 2.24) is 15.2 Å². The lowest BCUT2D eigenvalue weighted by molar-refractivity contribution is -0.0576. The van der Waals surface area contributed by atoms with Crippen LogP contribution in [-0.2, 0) is 19.4 Å². The van der Waals surface area contributed by atoms with Crippen molar-refractivity contribution in [2.75, 3.05) is 31.6 Å². The number of fused-ring (bicyclic) bond motifs is 2. The molecule has 1 aromatic carbocycles. The number of amides is 1. The van der Waals surface area contributed by atoms with Gasteiger partial charge in [-0.25, -0.2) is 0 Å². The van der Waals surface area contributed by atoms with Crippen molar-refractivity contribution in [3.63, 3.8) is 0 Å². The van der Waals surface area contributed by atoms with Crippen LogP contribution >= 0.6 is 0 Å².